The third-order valence-corrected chi connectivity index (χ3v) is 2.97. The number of benzene rings is 1. The van der Waals surface area contributed by atoms with Crippen LogP contribution in [0.5, 0.6) is 5.75 Å². The summed E-state index contributed by atoms with van der Waals surface area (Å²) in [6.07, 6.45) is 2.85. The van der Waals surface area contributed by atoms with Gasteiger partial charge < -0.3 is 4.74 Å². The van der Waals surface area contributed by atoms with Gasteiger partial charge in [-0.15, -0.1) is 0 Å². The largest absolute Gasteiger partial charge is 0.493 e. The van der Waals surface area contributed by atoms with Crippen LogP contribution in [0, 0.1) is 12.3 Å². The number of rotatable bonds is 3. The highest BCUT2D eigenvalue weighted by Gasteiger charge is 2.10. The molecule has 2 heteroatoms. The van der Waals surface area contributed by atoms with Crippen LogP contribution in [0.15, 0.2) is 30.5 Å². The van der Waals surface area contributed by atoms with Crippen LogP contribution in [-0.2, 0) is 0 Å². The molecule has 1 aromatic carbocycles. The van der Waals surface area contributed by atoms with E-state index in [-0.39, 0.29) is 0 Å². The van der Waals surface area contributed by atoms with E-state index in [0.717, 1.165) is 29.7 Å². The van der Waals surface area contributed by atoms with Crippen LogP contribution in [0.2, 0.25) is 0 Å². The molecule has 96 valence electrons. The molecule has 0 unspecified atom stereocenters. The van der Waals surface area contributed by atoms with Crippen molar-refractivity contribution < 1.29 is 4.74 Å². The molecule has 2 rings (SSSR count). The fourth-order valence-electron chi connectivity index (χ4n) is 1.83. The summed E-state index contributed by atoms with van der Waals surface area (Å²) in [6, 6.07) is 8.20. The summed E-state index contributed by atoms with van der Waals surface area (Å²) in [5.41, 5.74) is 2.53. The Morgan fingerprint density at radius 1 is 1.17 bits per heavy atom. The maximum Gasteiger partial charge on any atom is 0.130 e. The van der Waals surface area contributed by atoms with Gasteiger partial charge in [-0.05, 0) is 37.0 Å². The monoisotopic (exact) mass is 243 g/mol. The Morgan fingerprint density at radius 3 is 2.67 bits per heavy atom. The van der Waals surface area contributed by atoms with Gasteiger partial charge in [-0.1, -0.05) is 32.4 Å². The molecule has 0 amide bonds. The lowest BCUT2D eigenvalue weighted by Gasteiger charge is -2.18. The quantitative estimate of drug-likeness (QED) is 0.799. The number of hydrogen-bond donors (Lipinski definition) is 0. The Bertz CT molecular complexity index is 540. The number of aryl methyl sites for hydroxylation is 1. The standard InChI is InChI=1S/C16H21NO/c1-12-5-6-14-13(11-12)15(7-9-17-14)18-10-8-16(2,3)4/h5-7,9,11H,8,10H2,1-4H3. The maximum atomic E-state index is 5.91. The molecular formula is C16H21NO. The van der Waals surface area contributed by atoms with Gasteiger partial charge in [0.15, 0.2) is 0 Å². The predicted molar refractivity (Wildman–Crippen MR) is 76.0 cm³/mol. The van der Waals surface area contributed by atoms with E-state index in [2.05, 4.69) is 44.8 Å². The fourth-order valence-corrected chi connectivity index (χ4v) is 1.83. The van der Waals surface area contributed by atoms with E-state index in [1.807, 2.05) is 18.3 Å². The van der Waals surface area contributed by atoms with Crippen molar-refractivity contribution in [3.8, 4) is 5.75 Å². The topological polar surface area (TPSA) is 22.1 Å². The first-order valence-electron chi connectivity index (χ1n) is 6.44. The molecule has 1 aromatic heterocycles. The van der Waals surface area contributed by atoms with Crippen molar-refractivity contribution in [2.24, 2.45) is 5.41 Å². The molecule has 0 saturated heterocycles. The van der Waals surface area contributed by atoms with Crippen molar-refractivity contribution in [2.75, 3.05) is 6.61 Å². The van der Waals surface area contributed by atoms with Gasteiger partial charge in [0.1, 0.15) is 5.75 Å². The second-order valence-corrected chi connectivity index (χ2v) is 5.99. The Morgan fingerprint density at radius 2 is 1.94 bits per heavy atom. The first kappa shape index (κ1) is 12.9. The van der Waals surface area contributed by atoms with Crippen LogP contribution in [-0.4, -0.2) is 11.6 Å². The van der Waals surface area contributed by atoms with E-state index in [1.165, 1.54) is 5.56 Å². The highest BCUT2D eigenvalue weighted by atomic mass is 16.5. The van der Waals surface area contributed by atoms with Gasteiger partial charge in [0, 0.05) is 11.6 Å². The summed E-state index contributed by atoms with van der Waals surface area (Å²) in [5.74, 6) is 0.938. The normalized spacial score (nSPS) is 11.8. The van der Waals surface area contributed by atoms with E-state index in [0.29, 0.717) is 5.41 Å². The SMILES string of the molecule is Cc1ccc2nccc(OCCC(C)(C)C)c2c1. The van der Waals surface area contributed by atoms with E-state index in [4.69, 9.17) is 4.74 Å². The molecule has 2 nitrogen and oxygen atoms in total. The highest BCUT2D eigenvalue weighted by Crippen LogP contribution is 2.26. The third-order valence-electron chi connectivity index (χ3n) is 2.97. The number of hydrogen-bond acceptors (Lipinski definition) is 2. The number of aromatic nitrogens is 1. The molecule has 0 saturated carbocycles. The Labute approximate surface area is 109 Å². The zero-order valence-electron chi connectivity index (χ0n) is 11.7. The molecule has 0 aliphatic rings. The summed E-state index contributed by atoms with van der Waals surface area (Å²) in [6.45, 7) is 9.52. The summed E-state index contributed by atoms with van der Waals surface area (Å²) >= 11 is 0. The summed E-state index contributed by atoms with van der Waals surface area (Å²) < 4.78 is 5.91. The molecule has 0 N–H and O–H groups in total. The lowest BCUT2D eigenvalue weighted by atomic mass is 9.93. The Balaban J connectivity index is 2.20. The van der Waals surface area contributed by atoms with Gasteiger partial charge in [-0.3, -0.25) is 4.98 Å². The van der Waals surface area contributed by atoms with E-state index in [1.54, 1.807) is 0 Å². The Kier molecular flexibility index (Phi) is 3.55. The van der Waals surface area contributed by atoms with Gasteiger partial charge in [-0.25, -0.2) is 0 Å². The lowest BCUT2D eigenvalue weighted by molar-refractivity contribution is 0.245. The van der Waals surface area contributed by atoms with Gasteiger partial charge in [0.2, 0.25) is 0 Å². The highest BCUT2D eigenvalue weighted by molar-refractivity contribution is 5.85. The molecule has 0 spiro atoms. The van der Waals surface area contributed by atoms with Crippen LogP contribution in [0.3, 0.4) is 0 Å². The van der Waals surface area contributed by atoms with Crippen LogP contribution in [0.1, 0.15) is 32.8 Å². The van der Waals surface area contributed by atoms with E-state index >= 15 is 0 Å². The van der Waals surface area contributed by atoms with Crippen LogP contribution < -0.4 is 4.74 Å². The lowest BCUT2D eigenvalue weighted by Crippen LogP contribution is -2.11. The summed E-state index contributed by atoms with van der Waals surface area (Å²) in [7, 11) is 0. The second kappa shape index (κ2) is 4.97. The first-order chi connectivity index (χ1) is 8.46. The minimum Gasteiger partial charge on any atom is -0.493 e. The number of nitrogens with zero attached hydrogens (tertiary/aromatic N) is 1. The average Bonchev–Trinajstić information content (AvgIpc) is 2.28. The molecule has 0 bridgehead atoms. The molecule has 0 aliphatic carbocycles. The first-order valence-corrected chi connectivity index (χ1v) is 6.44. The minimum atomic E-state index is 0.304. The van der Waals surface area contributed by atoms with Crippen LogP contribution in [0.4, 0.5) is 0 Å². The number of fused-ring (bicyclic) bond motifs is 1. The van der Waals surface area contributed by atoms with Gasteiger partial charge in [0.25, 0.3) is 0 Å². The van der Waals surface area contributed by atoms with Gasteiger partial charge in [-0.2, -0.15) is 0 Å². The van der Waals surface area contributed by atoms with Crippen molar-refractivity contribution in [1.82, 2.24) is 4.98 Å². The fraction of sp³-hybridized carbons (Fsp3) is 0.438. The zero-order chi connectivity index (χ0) is 13.2. The van der Waals surface area contributed by atoms with Crippen LogP contribution >= 0.6 is 0 Å². The summed E-state index contributed by atoms with van der Waals surface area (Å²) in [5, 5.41) is 1.10. The molecule has 0 fully saturated rings. The number of ether oxygens (including phenoxy) is 1. The van der Waals surface area contributed by atoms with Crippen molar-refractivity contribution >= 4 is 10.9 Å². The Hall–Kier alpha value is -1.57. The smallest absolute Gasteiger partial charge is 0.130 e. The molecular weight excluding hydrogens is 222 g/mol. The van der Waals surface area contributed by atoms with Gasteiger partial charge >= 0.3 is 0 Å². The third kappa shape index (κ3) is 3.22. The molecule has 18 heavy (non-hydrogen) atoms. The van der Waals surface area contributed by atoms with Crippen molar-refractivity contribution in [1.29, 1.82) is 0 Å². The molecule has 0 atom stereocenters. The molecule has 2 aromatic rings. The zero-order valence-corrected chi connectivity index (χ0v) is 11.7. The van der Waals surface area contributed by atoms with Crippen molar-refractivity contribution in [2.45, 2.75) is 34.1 Å². The maximum absolute atomic E-state index is 5.91. The second-order valence-electron chi connectivity index (χ2n) is 5.99. The van der Waals surface area contributed by atoms with Crippen molar-refractivity contribution in [3.05, 3.63) is 36.0 Å². The molecule has 0 aliphatic heterocycles. The van der Waals surface area contributed by atoms with Crippen molar-refractivity contribution in [3.63, 3.8) is 0 Å². The van der Waals surface area contributed by atoms with E-state index < -0.39 is 0 Å². The summed E-state index contributed by atoms with van der Waals surface area (Å²) in [4.78, 5) is 4.36. The van der Waals surface area contributed by atoms with E-state index in [9.17, 15) is 0 Å². The number of pyridine rings is 1. The minimum absolute atomic E-state index is 0.304. The average molecular weight is 243 g/mol. The van der Waals surface area contributed by atoms with Crippen LogP contribution in [0.25, 0.3) is 10.9 Å². The van der Waals surface area contributed by atoms with Gasteiger partial charge in [0.05, 0.1) is 12.1 Å². The predicted octanol–water partition coefficient (Wildman–Crippen LogP) is 4.36. The molecule has 0 radical (unpaired) electrons. The molecule has 1 heterocycles.